The molecule has 0 atom stereocenters. The van der Waals surface area contributed by atoms with Gasteiger partial charge in [-0.1, -0.05) is 54.6 Å². The van der Waals surface area contributed by atoms with Gasteiger partial charge in [-0.2, -0.15) is 0 Å². The second-order valence-electron chi connectivity index (χ2n) is 5.65. The van der Waals surface area contributed by atoms with Gasteiger partial charge in [0.1, 0.15) is 0 Å². The molecule has 0 saturated carbocycles. The van der Waals surface area contributed by atoms with Crippen LogP contribution in [0.2, 0.25) is 0 Å². The van der Waals surface area contributed by atoms with Crippen molar-refractivity contribution in [3.63, 3.8) is 0 Å². The van der Waals surface area contributed by atoms with E-state index in [-0.39, 0.29) is 5.75 Å². The molecule has 128 valence electrons. The average Bonchev–Trinajstić information content (AvgIpc) is 2.56. The van der Waals surface area contributed by atoms with Crippen molar-refractivity contribution in [3.8, 4) is 0 Å². The van der Waals surface area contributed by atoms with E-state index in [0.29, 0.717) is 13.1 Å². The Kier molecular flexibility index (Phi) is 6.37. The summed E-state index contributed by atoms with van der Waals surface area (Å²) < 4.78 is 22.6. The predicted octanol–water partition coefficient (Wildman–Crippen LogP) is 2.10. The molecule has 24 heavy (non-hydrogen) atoms. The Hall–Kier alpha value is -2.34. The van der Waals surface area contributed by atoms with Gasteiger partial charge in [0, 0.05) is 26.4 Å². The minimum Gasteiger partial charge on any atom is -0.352 e. The largest absolute Gasteiger partial charge is 0.352 e. The van der Waals surface area contributed by atoms with Crippen LogP contribution in [0.3, 0.4) is 0 Å². The molecule has 0 aliphatic heterocycles. The first-order valence-electron chi connectivity index (χ1n) is 7.70. The number of hydrogen-bond donors (Lipinski definition) is 2. The summed E-state index contributed by atoms with van der Waals surface area (Å²) in [6.07, 6.45) is 1.24. The molecule has 2 N–H and O–H groups in total. The van der Waals surface area contributed by atoms with Crippen molar-refractivity contribution in [2.75, 3.05) is 13.3 Å². The highest BCUT2D eigenvalue weighted by Gasteiger charge is 2.04. The summed E-state index contributed by atoms with van der Waals surface area (Å²) >= 11 is 0. The normalized spacial score (nSPS) is 12.0. The first-order chi connectivity index (χ1) is 11.5. The van der Waals surface area contributed by atoms with Gasteiger partial charge in [-0.15, -0.1) is 0 Å². The first-order valence-corrected chi connectivity index (χ1v) is 9.76. The summed E-state index contributed by atoms with van der Waals surface area (Å²) in [6, 6.07) is 17.7. The van der Waals surface area contributed by atoms with E-state index in [4.69, 9.17) is 0 Å². The first kappa shape index (κ1) is 18.0. The van der Waals surface area contributed by atoms with Crippen LogP contribution in [-0.2, 0) is 28.7 Å². The molecule has 2 aromatic rings. The Morgan fingerprint density at radius 3 is 1.88 bits per heavy atom. The monoisotopic (exact) mass is 345 g/mol. The Morgan fingerprint density at radius 1 is 0.875 bits per heavy atom. The van der Waals surface area contributed by atoms with Crippen molar-refractivity contribution in [1.82, 2.24) is 10.6 Å². The van der Waals surface area contributed by atoms with E-state index in [9.17, 15) is 8.42 Å². The second kappa shape index (κ2) is 8.49. The van der Waals surface area contributed by atoms with E-state index in [2.05, 4.69) is 27.8 Å². The average molecular weight is 345 g/mol. The van der Waals surface area contributed by atoms with Crippen molar-refractivity contribution >= 4 is 15.8 Å². The zero-order chi connectivity index (χ0) is 17.4. The molecule has 0 aliphatic rings. The fourth-order valence-electron chi connectivity index (χ4n) is 2.24. The van der Waals surface area contributed by atoms with Crippen LogP contribution in [-0.4, -0.2) is 27.7 Å². The molecule has 0 unspecified atom stereocenters. The summed E-state index contributed by atoms with van der Waals surface area (Å²) in [5, 5.41) is 6.50. The van der Waals surface area contributed by atoms with Crippen LogP contribution >= 0.6 is 0 Å². The Morgan fingerprint density at radius 2 is 1.38 bits per heavy atom. The number of rotatable bonds is 6. The van der Waals surface area contributed by atoms with Crippen LogP contribution < -0.4 is 10.6 Å². The third kappa shape index (κ3) is 6.42. The highest BCUT2D eigenvalue weighted by molar-refractivity contribution is 7.89. The zero-order valence-electron chi connectivity index (χ0n) is 14.0. The lowest BCUT2D eigenvalue weighted by Gasteiger charge is -2.12. The second-order valence-corrected chi connectivity index (χ2v) is 7.79. The van der Waals surface area contributed by atoms with Crippen LogP contribution in [0.15, 0.2) is 59.6 Å². The van der Waals surface area contributed by atoms with Crippen molar-refractivity contribution in [2.45, 2.75) is 18.8 Å². The summed E-state index contributed by atoms with van der Waals surface area (Å²) in [7, 11) is -1.27. The molecular weight excluding hydrogens is 322 g/mol. The molecule has 5 nitrogen and oxygen atoms in total. The third-order valence-electron chi connectivity index (χ3n) is 3.44. The SMILES string of the molecule is CN=C(NCc1ccccc1)NCc1ccc(CS(C)(=O)=O)cc1. The summed E-state index contributed by atoms with van der Waals surface area (Å²) in [4.78, 5) is 4.20. The van der Waals surface area contributed by atoms with E-state index in [1.807, 2.05) is 42.5 Å². The minimum absolute atomic E-state index is 0.0704. The molecule has 2 rings (SSSR count). The van der Waals surface area contributed by atoms with Crippen LogP contribution in [0, 0.1) is 0 Å². The van der Waals surface area contributed by atoms with Crippen LogP contribution in [0.25, 0.3) is 0 Å². The van der Waals surface area contributed by atoms with Gasteiger partial charge in [0.25, 0.3) is 0 Å². The predicted molar refractivity (Wildman–Crippen MR) is 98.5 cm³/mol. The van der Waals surface area contributed by atoms with E-state index in [0.717, 1.165) is 17.1 Å². The molecule has 0 heterocycles. The van der Waals surface area contributed by atoms with Crippen LogP contribution in [0.1, 0.15) is 16.7 Å². The van der Waals surface area contributed by atoms with Gasteiger partial charge >= 0.3 is 0 Å². The maximum Gasteiger partial charge on any atom is 0.191 e. The topological polar surface area (TPSA) is 70.6 Å². The van der Waals surface area contributed by atoms with Gasteiger partial charge in [0.15, 0.2) is 15.8 Å². The van der Waals surface area contributed by atoms with Gasteiger partial charge in [-0.05, 0) is 16.7 Å². The van der Waals surface area contributed by atoms with Crippen molar-refractivity contribution in [2.24, 2.45) is 4.99 Å². The maximum absolute atomic E-state index is 11.3. The smallest absolute Gasteiger partial charge is 0.191 e. The van der Waals surface area contributed by atoms with E-state index < -0.39 is 9.84 Å². The molecule has 0 radical (unpaired) electrons. The van der Waals surface area contributed by atoms with Crippen molar-refractivity contribution < 1.29 is 8.42 Å². The number of nitrogens with zero attached hydrogens (tertiary/aromatic N) is 1. The number of hydrogen-bond acceptors (Lipinski definition) is 3. The third-order valence-corrected chi connectivity index (χ3v) is 4.30. The molecule has 0 bridgehead atoms. The van der Waals surface area contributed by atoms with Gasteiger partial charge in [-0.25, -0.2) is 8.42 Å². The lowest BCUT2D eigenvalue weighted by molar-refractivity contribution is 0.601. The minimum atomic E-state index is -3.00. The number of sulfone groups is 1. The highest BCUT2D eigenvalue weighted by atomic mass is 32.2. The molecule has 0 saturated heterocycles. The molecule has 0 spiro atoms. The zero-order valence-corrected chi connectivity index (χ0v) is 14.8. The molecule has 0 aliphatic carbocycles. The standard InChI is InChI=1S/C18H23N3O2S/c1-19-18(20-12-15-6-4-3-5-7-15)21-13-16-8-10-17(11-9-16)14-24(2,22)23/h3-11H,12-14H2,1-2H3,(H2,19,20,21). The molecule has 0 aromatic heterocycles. The molecule has 0 amide bonds. The Balaban J connectivity index is 1.84. The molecule has 0 fully saturated rings. The fourth-order valence-corrected chi connectivity index (χ4v) is 3.04. The van der Waals surface area contributed by atoms with E-state index in [1.165, 1.54) is 11.8 Å². The van der Waals surface area contributed by atoms with Crippen LogP contribution in [0.4, 0.5) is 0 Å². The maximum atomic E-state index is 11.3. The number of benzene rings is 2. The summed E-state index contributed by atoms with van der Waals surface area (Å²) in [6.45, 7) is 1.32. The van der Waals surface area contributed by atoms with Crippen molar-refractivity contribution in [3.05, 3.63) is 71.3 Å². The number of nitrogens with one attached hydrogen (secondary N) is 2. The Labute approximate surface area is 143 Å². The van der Waals surface area contributed by atoms with Gasteiger partial charge in [0.2, 0.25) is 0 Å². The van der Waals surface area contributed by atoms with Gasteiger partial charge in [-0.3, -0.25) is 4.99 Å². The lowest BCUT2D eigenvalue weighted by Crippen LogP contribution is -2.36. The van der Waals surface area contributed by atoms with Crippen molar-refractivity contribution in [1.29, 1.82) is 0 Å². The molecule has 6 heteroatoms. The number of guanidine groups is 1. The van der Waals surface area contributed by atoms with E-state index in [1.54, 1.807) is 7.05 Å². The Bertz CT molecular complexity index is 770. The fraction of sp³-hybridized carbons (Fsp3) is 0.278. The lowest BCUT2D eigenvalue weighted by atomic mass is 10.1. The quantitative estimate of drug-likeness (QED) is 0.621. The summed E-state index contributed by atoms with van der Waals surface area (Å²) in [5.41, 5.74) is 3.05. The van der Waals surface area contributed by atoms with E-state index >= 15 is 0 Å². The molecular formula is C18H23N3O2S. The van der Waals surface area contributed by atoms with Crippen LogP contribution in [0.5, 0.6) is 0 Å². The molecule has 2 aromatic carbocycles. The summed E-state index contributed by atoms with van der Waals surface area (Å²) in [5.74, 6) is 0.792. The number of aliphatic imine (C=N–C) groups is 1. The van der Waals surface area contributed by atoms with Gasteiger partial charge < -0.3 is 10.6 Å². The van der Waals surface area contributed by atoms with Gasteiger partial charge in [0.05, 0.1) is 5.75 Å². The highest BCUT2D eigenvalue weighted by Crippen LogP contribution is 2.07.